The lowest BCUT2D eigenvalue weighted by Gasteiger charge is -2.14. The molecule has 0 fully saturated rings. The predicted molar refractivity (Wildman–Crippen MR) is 91.3 cm³/mol. The first-order chi connectivity index (χ1) is 11.0. The van der Waals surface area contributed by atoms with Gasteiger partial charge in [0.25, 0.3) is 0 Å². The highest BCUT2D eigenvalue weighted by molar-refractivity contribution is 7.90. The molecular weight excluding hydrogens is 314 g/mol. The Labute approximate surface area is 140 Å². The van der Waals surface area contributed by atoms with E-state index in [1.165, 1.54) is 0 Å². The molecule has 1 aromatic carbocycles. The van der Waals surface area contributed by atoms with Crippen molar-refractivity contribution in [2.24, 2.45) is 0 Å². The van der Waals surface area contributed by atoms with Crippen molar-refractivity contribution in [1.29, 1.82) is 5.26 Å². The van der Waals surface area contributed by atoms with Crippen molar-refractivity contribution in [3.05, 3.63) is 24.3 Å². The van der Waals surface area contributed by atoms with Crippen LogP contribution in [0.25, 0.3) is 0 Å². The van der Waals surface area contributed by atoms with Crippen LogP contribution in [-0.4, -0.2) is 28.9 Å². The van der Waals surface area contributed by atoms with Crippen molar-refractivity contribution in [2.45, 2.75) is 38.4 Å². The summed E-state index contributed by atoms with van der Waals surface area (Å²) in [6.07, 6.45) is 1.91. The second-order valence-electron chi connectivity index (χ2n) is 5.22. The van der Waals surface area contributed by atoms with Gasteiger partial charge in [0.2, 0.25) is 5.91 Å². The molecule has 0 radical (unpaired) electrons. The molecule has 0 saturated heterocycles. The van der Waals surface area contributed by atoms with Gasteiger partial charge < -0.3 is 14.6 Å². The average Bonchev–Trinajstić information content (AvgIpc) is 2.52. The van der Waals surface area contributed by atoms with Gasteiger partial charge in [-0.25, -0.2) is 0 Å². The Morgan fingerprint density at radius 3 is 2.91 bits per heavy atom. The number of carbonyl (C=O) groups excluding carboxylic acids is 1. The van der Waals surface area contributed by atoms with Crippen LogP contribution in [0.4, 0.5) is 5.69 Å². The molecule has 0 aliphatic heterocycles. The minimum absolute atomic E-state index is 0.0256. The molecule has 1 rings (SSSR count). The molecule has 23 heavy (non-hydrogen) atoms. The normalized spacial score (nSPS) is 11.8. The minimum atomic E-state index is -1.01. The Kier molecular flexibility index (Phi) is 9.14. The highest BCUT2D eigenvalue weighted by Crippen LogP contribution is 2.17. The predicted octanol–water partition coefficient (Wildman–Crippen LogP) is 2.36. The minimum Gasteiger partial charge on any atom is -0.598 e. The van der Waals surface area contributed by atoms with Gasteiger partial charge in [-0.15, -0.1) is 4.72 Å². The van der Waals surface area contributed by atoms with E-state index in [4.69, 9.17) is 10.00 Å². The number of nitrogens with zero attached hydrogens (tertiary/aromatic N) is 1. The lowest BCUT2D eigenvalue weighted by molar-refractivity contribution is -0.116. The van der Waals surface area contributed by atoms with Crippen molar-refractivity contribution in [3.63, 3.8) is 0 Å². The maximum atomic E-state index is 11.9. The van der Waals surface area contributed by atoms with Gasteiger partial charge in [-0.2, -0.15) is 5.26 Å². The zero-order chi connectivity index (χ0) is 17.1. The van der Waals surface area contributed by atoms with E-state index in [1.807, 2.05) is 19.9 Å². The molecule has 0 heterocycles. The lowest BCUT2D eigenvalue weighted by Crippen LogP contribution is -2.31. The van der Waals surface area contributed by atoms with Crippen molar-refractivity contribution in [2.75, 3.05) is 18.5 Å². The first-order valence-corrected chi connectivity index (χ1v) is 8.78. The molecule has 0 bridgehead atoms. The van der Waals surface area contributed by atoms with E-state index in [0.717, 1.165) is 12.8 Å². The molecule has 0 aliphatic rings. The third-order valence-corrected chi connectivity index (χ3v) is 4.27. The fraction of sp³-hybridized carbons (Fsp3) is 0.500. The summed E-state index contributed by atoms with van der Waals surface area (Å²) in [6.45, 7) is 4.40. The van der Waals surface area contributed by atoms with Crippen molar-refractivity contribution in [3.8, 4) is 11.8 Å². The van der Waals surface area contributed by atoms with Gasteiger partial charge in [0.05, 0.1) is 0 Å². The quantitative estimate of drug-likeness (QED) is 0.504. The van der Waals surface area contributed by atoms with Crippen LogP contribution >= 0.6 is 0 Å². The lowest BCUT2D eigenvalue weighted by atomic mass is 10.2. The third kappa shape index (κ3) is 8.45. The molecular formula is C16H23N3O3S. The molecule has 1 unspecified atom stereocenters. The number of carbonyl (C=O) groups is 1. The van der Waals surface area contributed by atoms with Crippen LogP contribution in [0.15, 0.2) is 24.3 Å². The molecule has 0 aliphatic carbocycles. The molecule has 126 valence electrons. The van der Waals surface area contributed by atoms with Gasteiger partial charge in [-0.3, -0.25) is 4.79 Å². The van der Waals surface area contributed by atoms with Gasteiger partial charge >= 0.3 is 0 Å². The summed E-state index contributed by atoms with van der Waals surface area (Å²) in [5.74, 6) is 0.470. The number of ether oxygens (including phenoxy) is 1. The number of anilines is 1. The van der Waals surface area contributed by atoms with Gasteiger partial charge in [0, 0.05) is 36.1 Å². The smallest absolute Gasteiger partial charge is 0.224 e. The number of rotatable bonds is 10. The molecule has 1 amide bonds. The molecule has 2 N–H and O–H groups in total. The van der Waals surface area contributed by atoms with Gasteiger partial charge in [-0.05, 0) is 38.8 Å². The molecule has 7 heteroatoms. The molecule has 0 saturated carbocycles. The second-order valence-corrected chi connectivity index (χ2v) is 7.05. The highest BCUT2D eigenvalue weighted by atomic mass is 32.2. The summed E-state index contributed by atoms with van der Waals surface area (Å²) in [5, 5.41) is 11.4. The van der Waals surface area contributed by atoms with E-state index in [2.05, 4.69) is 10.0 Å². The number of amides is 1. The SMILES string of the molecule is CC(C)[S+]([O-])NCCCCC(=O)Nc1cccc(OCC#N)c1. The second kappa shape index (κ2) is 10.9. The summed E-state index contributed by atoms with van der Waals surface area (Å²) < 4.78 is 19.6. The molecule has 6 nitrogen and oxygen atoms in total. The Morgan fingerprint density at radius 1 is 1.43 bits per heavy atom. The van der Waals surface area contributed by atoms with Crippen LogP contribution in [0.2, 0.25) is 0 Å². The first-order valence-electron chi connectivity index (χ1n) is 7.56. The first kappa shape index (κ1) is 19.3. The van der Waals surface area contributed by atoms with Crippen molar-refractivity contribution >= 4 is 23.0 Å². The maximum Gasteiger partial charge on any atom is 0.224 e. The monoisotopic (exact) mass is 337 g/mol. The van der Waals surface area contributed by atoms with Crippen LogP contribution in [0.3, 0.4) is 0 Å². The van der Waals surface area contributed by atoms with Crippen LogP contribution in [0, 0.1) is 11.3 Å². The van der Waals surface area contributed by atoms with Crippen LogP contribution < -0.4 is 14.8 Å². The fourth-order valence-corrected chi connectivity index (χ4v) is 2.43. The Balaban J connectivity index is 2.25. The molecule has 0 aromatic heterocycles. The molecule has 1 atom stereocenters. The summed E-state index contributed by atoms with van der Waals surface area (Å²) >= 11 is -1.01. The van der Waals surface area contributed by atoms with Crippen LogP contribution in [0.5, 0.6) is 5.75 Å². The Morgan fingerprint density at radius 2 is 2.22 bits per heavy atom. The zero-order valence-electron chi connectivity index (χ0n) is 13.5. The van der Waals surface area contributed by atoms with E-state index >= 15 is 0 Å². The third-order valence-electron chi connectivity index (χ3n) is 2.92. The number of hydrogen-bond acceptors (Lipinski definition) is 5. The Hall–Kier alpha value is -1.75. The van der Waals surface area contributed by atoms with E-state index < -0.39 is 11.4 Å². The zero-order valence-corrected chi connectivity index (χ0v) is 14.3. The van der Waals surface area contributed by atoms with Gasteiger partial charge in [0.1, 0.15) is 17.1 Å². The number of unbranched alkanes of at least 4 members (excludes halogenated alkanes) is 1. The molecule has 0 spiro atoms. The number of benzene rings is 1. The summed E-state index contributed by atoms with van der Waals surface area (Å²) in [6, 6.07) is 8.83. The number of nitriles is 1. The van der Waals surface area contributed by atoms with Crippen molar-refractivity contribution < 1.29 is 14.1 Å². The van der Waals surface area contributed by atoms with Crippen LogP contribution in [0.1, 0.15) is 33.1 Å². The Bertz CT molecular complexity index is 532. The van der Waals surface area contributed by atoms with Crippen LogP contribution in [-0.2, 0) is 16.2 Å². The van der Waals surface area contributed by atoms with E-state index in [9.17, 15) is 9.35 Å². The van der Waals surface area contributed by atoms with Gasteiger partial charge in [-0.1, -0.05) is 6.07 Å². The largest absolute Gasteiger partial charge is 0.598 e. The fourth-order valence-electron chi connectivity index (χ4n) is 1.75. The molecule has 1 aromatic rings. The standard InChI is InChI=1S/C16H23N3O3S/c1-13(2)23(21)18-10-4-3-8-16(20)19-14-6-5-7-15(12-14)22-11-9-17/h5-7,12-13,18H,3-4,8,10-11H2,1-2H3,(H,19,20). The average molecular weight is 337 g/mol. The topological polar surface area (TPSA) is 97.2 Å². The van der Waals surface area contributed by atoms with E-state index in [-0.39, 0.29) is 17.8 Å². The maximum absolute atomic E-state index is 11.9. The number of hydrogen-bond donors (Lipinski definition) is 2. The van der Waals surface area contributed by atoms with E-state index in [1.54, 1.807) is 24.3 Å². The summed E-state index contributed by atoms with van der Waals surface area (Å²) in [5.41, 5.74) is 0.643. The van der Waals surface area contributed by atoms with E-state index in [0.29, 0.717) is 24.4 Å². The van der Waals surface area contributed by atoms with Gasteiger partial charge in [0.15, 0.2) is 6.61 Å². The summed E-state index contributed by atoms with van der Waals surface area (Å²) in [7, 11) is 0. The highest BCUT2D eigenvalue weighted by Gasteiger charge is 2.10. The summed E-state index contributed by atoms with van der Waals surface area (Å²) in [4.78, 5) is 11.9. The number of nitrogens with one attached hydrogen (secondary N) is 2. The van der Waals surface area contributed by atoms with Crippen molar-refractivity contribution in [1.82, 2.24) is 4.72 Å².